The van der Waals surface area contributed by atoms with Gasteiger partial charge in [0.2, 0.25) is 0 Å². The lowest BCUT2D eigenvalue weighted by Crippen LogP contribution is -2.27. The lowest BCUT2D eigenvalue weighted by Gasteiger charge is -2.23. The summed E-state index contributed by atoms with van der Waals surface area (Å²) in [5, 5.41) is 30.2. The van der Waals surface area contributed by atoms with Crippen molar-refractivity contribution in [1.82, 2.24) is 4.98 Å². The highest BCUT2D eigenvalue weighted by molar-refractivity contribution is 6.18. The molecule has 0 spiro atoms. The summed E-state index contributed by atoms with van der Waals surface area (Å²) >= 11 is 11.8. The van der Waals surface area contributed by atoms with Gasteiger partial charge in [-0.2, -0.15) is 0 Å². The van der Waals surface area contributed by atoms with Gasteiger partial charge in [-0.1, -0.05) is 30.3 Å². The van der Waals surface area contributed by atoms with E-state index in [4.69, 9.17) is 23.2 Å². The van der Waals surface area contributed by atoms with Crippen molar-refractivity contribution >= 4 is 85.4 Å². The Labute approximate surface area is 258 Å². The van der Waals surface area contributed by atoms with E-state index in [9.17, 15) is 19.8 Å². The van der Waals surface area contributed by atoms with Gasteiger partial charge in [0.05, 0.1) is 28.9 Å². The molecule has 11 heteroatoms. The van der Waals surface area contributed by atoms with Gasteiger partial charge in [-0.05, 0) is 60.2 Å². The molecule has 2 amide bonds. The Morgan fingerprint density at radius 2 is 1.47 bits per heavy atom. The van der Waals surface area contributed by atoms with Crippen molar-refractivity contribution in [3.05, 3.63) is 96.1 Å². The number of alkyl halides is 2. The number of urea groups is 1. The summed E-state index contributed by atoms with van der Waals surface area (Å²) in [5.74, 6) is -0.128. The van der Waals surface area contributed by atoms with Crippen LogP contribution in [0.1, 0.15) is 15.9 Å². The minimum absolute atomic E-state index is 0.0910. The quantitative estimate of drug-likeness (QED) is 0.0780. The highest BCUT2D eigenvalue weighted by Crippen LogP contribution is 2.35. The third-order valence-electron chi connectivity index (χ3n) is 6.84. The SMILES string of the molecule is O=C(Nc1ccc(N(CCCl)CCCl)cc1)Nc1cc(CO)cc(Nc2c3ccccc3nc3c(C(=O)O)cccc23)c1. The average Bonchev–Trinajstić information content (AvgIpc) is 3.00. The van der Waals surface area contributed by atoms with E-state index in [-0.39, 0.29) is 12.2 Å². The predicted octanol–water partition coefficient (Wildman–Crippen LogP) is 7.25. The topological polar surface area (TPSA) is 127 Å². The first-order valence-corrected chi connectivity index (χ1v) is 14.6. The summed E-state index contributed by atoms with van der Waals surface area (Å²) in [4.78, 5) is 31.5. The maximum Gasteiger partial charge on any atom is 0.337 e. The molecule has 220 valence electrons. The Hall–Kier alpha value is -4.57. The number of nitrogens with zero attached hydrogens (tertiary/aromatic N) is 2. The Kier molecular flexibility index (Phi) is 9.46. The number of aliphatic hydroxyl groups is 1. The molecular formula is C32H29Cl2N5O4. The van der Waals surface area contributed by atoms with Crippen LogP contribution in [0.3, 0.4) is 0 Å². The molecule has 5 aromatic rings. The number of para-hydroxylation sites is 2. The molecule has 0 unspecified atom stereocenters. The Morgan fingerprint density at radius 1 is 0.791 bits per heavy atom. The maximum absolute atomic E-state index is 12.9. The molecule has 1 aromatic heterocycles. The average molecular weight is 619 g/mol. The zero-order valence-electron chi connectivity index (χ0n) is 23.0. The molecule has 0 aliphatic heterocycles. The zero-order valence-corrected chi connectivity index (χ0v) is 24.5. The van der Waals surface area contributed by atoms with Crippen LogP contribution in [-0.2, 0) is 6.61 Å². The number of carbonyl (C=O) groups excluding carboxylic acids is 1. The number of rotatable bonds is 11. The molecule has 4 aromatic carbocycles. The molecule has 5 rings (SSSR count). The highest BCUT2D eigenvalue weighted by atomic mass is 35.5. The number of hydrogen-bond acceptors (Lipinski definition) is 6. The number of carboxylic acid groups (broad SMARTS) is 1. The Morgan fingerprint density at radius 3 is 2.16 bits per heavy atom. The standard InChI is InChI=1S/C32H29Cl2N5O4/c33-12-14-39(15-13-34)24-10-8-21(9-11-24)36-32(43)37-23-17-20(19-40)16-22(18-23)35-29-25-4-1-2-7-28(25)38-30-26(29)5-3-6-27(30)31(41)42/h1-11,16-18,40H,12-15,19H2,(H,35,38)(H,41,42)(H2,36,37,43). The normalized spacial score (nSPS) is 11.0. The number of pyridine rings is 1. The summed E-state index contributed by atoms with van der Waals surface area (Å²) in [6, 6.07) is 24.5. The second kappa shape index (κ2) is 13.6. The van der Waals surface area contributed by atoms with E-state index in [2.05, 4.69) is 25.8 Å². The fourth-order valence-electron chi connectivity index (χ4n) is 4.92. The predicted molar refractivity (Wildman–Crippen MR) is 175 cm³/mol. The largest absolute Gasteiger partial charge is 0.478 e. The molecule has 5 N–H and O–H groups in total. The lowest BCUT2D eigenvalue weighted by atomic mass is 10.0. The molecule has 0 aliphatic carbocycles. The fraction of sp³-hybridized carbons (Fsp3) is 0.156. The molecule has 0 saturated heterocycles. The third kappa shape index (κ3) is 6.91. The van der Waals surface area contributed by atoms with E-state index in [1.54, 1.807) is 36.4 Å². The second-order valence-electron chi connectivity index (χ2n) is 9.70. The van der Waals surface area contributed by atoms with Crippen LogP contribution in [0.25, 0.3) is 21.8 Å². The van der Waals surface area contributed by atoms with Gasteiger partial charge in [-0.15, -0.1) is 23.2 Å². The van der Waals surface area contributed by atoms with Gasteiger partial charge in [-0.3, -0.25) is 0 Å². The summed E-state index contributed by atoms with van der Waals surface area (Å²) in [5.41, 5.74) is 4.88. The minimum Gasteiger partial charge on any atom is -0.478 e. The number of fused-ring (bicyclic) bond motifs is 2. The van der Waals surface area contributed by atoms with E-state index in [1.165, 1.54) is 6.07 Å². The van der Waals surface area contributed by atoms with Gasteiger partial charge in [-0.25, -0.2) is 14.6 Å². The van der Waals surface area contributed by atoms with E-state index < -0.39 is 12.0 Å². The number of aliphatic hydroxyl groups excluding tert-OH is 1. The number of amides is 2. The number of benzene rings is 4. The van der Waals surface area contributed by atoms with Crippen LogP contribution in [0.2, 0.25) is 0 Å². The number of halogens is 2. The van der Waals surface area contributed by atoms with E-state index in [0.717, 1.165) is 11.1 Å². The fourth-order valence-corrected chi connectivity index (χ4v) is 5.32. The summed E-state index contributed by atoms with van der Waals surface area (Å²) in [7, 11) is 0. The van der Waals surface area contributed by atoms with Crippen molar-refractivity contribution in [2.24, 2.45) is 0 Å². The van der Waals surface area contributed by atoms with Crippen molar-refractivity contribution < 1.29 is 19.8 Å². The van der Waals surface area contributed by atoms with Crippen LogP contribution >= 0.6 is 23.2 Å². The van der Waals surface area contributed by atoms with E-state index in [1.807, 2.05) is 42.5 Å². The van der Waals surface area contributed by atoms with Crippen LogP contribution in [0.5, 0.6) is 0 Å². The van der Waals surface area contributed by atoms with Gasteiger partial charge >= 0.3 is 12.0 Å². The number of hydrogen-bond donors (Lipinski definition) is 5. The molecule has 43 heavy (non-hydrogen) atoms. The first-order valence-electron chi connectivity index (χ1n) is 13.5. The van der Waals surface area contributed by atoms with E-state index >= 15 is 0 Å². The van der Waals surface area contributed by atoms with Crippen LogP contribution in [-0.4, -0.2) is 52.0 Å². The molecule has 9 nitrogen and oxygen atoms in total. The number of carboxylic acids is 1. The van der Waals surface area contributed by atoms with Crippen molar-refractivity contribution in [3.8, 4) is 0 Å². The highest BCUT2D eigenvalue weighted by Gasteiger charge is 2.16. The third-order valence-corrected chi connectivity index (χ3v) is 7.18. The van der Waals surface area contributed by atoms with Crippen LogP contribution in [0, 0.1) is 0 Å². The van der Waals surface area contributed by atoms with Crippen LogP contribution in [0.15, 0.2) is 84.9 Å². The van der Waals surface area contributed by atoms with Crippen molar-refractivity contribution in [2.45, 2.75) is 6.61 Å². The molecule has 0 saturated carbocycles. The molecular weight excluding hydrogens is 589 g/mol. The molecule has 1 heterocycles. The number of anilines is 5. The monoisotopic (exact) mass is 617 g/mol. The molecule has 0 fully saturated rings. The number of aromatic nitrogens is 1. The Balaban J connectivity index is 1.41. The first kappa shape index (κ1) is 29.9. The first-order chi connectivity index (χ1) is 20.9. The smallest absolute Gasteiger partial charge is 0.337 e. The van der Waals surface area contributed by atoms with Crippen molar-refractivity contribution in [2.75, 3.05) is 45.7 Å². The number of nitrogens with one attached hydrogen (secondary N) is 3. The number of carbonyl (C=O) groups is 2. The molecule has 0 atom stereocenters. The molecule has 0 bridgehead atoms. The zero-order chi connectivity index (χ0) is 30.3. The van der Waals surface area contributed by atoms with Gasteiger partial charge < -0.3 is 31.1 Å². The second-order valence-corrected chi connectivity index (χ2v) is 10.5. The van der Waals surface area contributed by atoms with Crippen LogP contribution < -0.4 is 20.9 Å². The lowest BCUT2D eigenvalue weighted by molar-refractivity contribution is 0.0699. The molecule has 0 radical (unpaired) electrons. The maximum atomic E-state index is 12.9. The van der Waals surface area contributed by atoms with Gasteiger partial charge in [0, 0.05) is 58.4 Å². The van der Waals surface area contributed by atoms with Gasteiger partial charge in [0.25, 0.3) is 0 Å². The van der Waals surface area contributed by atoms with Gasteiger partial charge in [0.1, 0.15) is 0 Å². The van der Waals surface area contributed by atoms with Crippen molar-refractivity contribution in [1.29, 1.82) is 0 Å². The Bertz CT molecular complexity index is 1780. The van der Waals surface area contributed by atoms with Crippen molar-refractivity contribution in [3.63, 3.8) is 0 Å². The van der Waals surface area contributed by atoms with Gasteiger partial charge in [0.15, 0.2) is 0 Å². The van der Waals surface area contributed by atoms with E-state index in [0.29, 0.717) is 69.6 Å². The van der Waals surface area contributed by atoms with Crippen LogP contribution in [0.4, 0.5) is 33.2 Å². The molecule has 0 aliphatic rings. The summed E-state index contributed by atoms with van der Waals surface area (Å²) < 4.78 is 0. The number of aromatic carboxylic acids is 1. The minimum atomic E-state index is -1.07. The summed E-state index contributed by atoms with van der Waals surface area (Å²) in [6.45, 7) is 1.06. The summed E-state index contributed by atoms with van der Waals surface area (Å²) in [6.07, 6.45) is 0.